The standard InChI is InChI=1S/C35H43N3O5/c1-5-14-24(4)36(21-6-2)34(42)31-35-20-19-28(43-35)29(32(40)37(22-7-3)26-17-12-9-13-18-26)30(35)33(41)38(31)27(23-39)25-15-10-8-11-16-25/h6-13,15-18,24,27-31,39H,2-3,5,14,19-23H2,1,4H3/t24?,27-,28+,29-,30+,31?,35?/m1/s1. The fraction of sp³-hybridized carbons (Fsp3) is 0.457. The summed E-state index contributed by atoms with van der Waals surface area (Å²) >= 11 is 0. The number of hydrogen-bond donors (Lipinski definition) is 1. The zero-order valence-electron chi connectivity index (χ0n) is 25.2. The van der Waals surface area contributed by atoms with Crippen molar-refractivity contribution >= 4 is 23.4 Å². The molecule has 1 N–H and O–H groups in total. The lowest BCUT2D eigenvalue weighted by molar-refractivity contribution is -0.152. The predicted octanol–water partition coefficient (Wildman–Crippen LogP) is 4.52. The molecule has 0 radical (unpaired) electrons. The number of aliphatic hydroxyl groups excluding tert-OH is 1. The summed E-state index contributed by atoms with van der Waals surface area (Å²) in [6.45, 7) is 12.1. The van der Waals surface area contributed by atoms with E-state index in [1.807, 2.05) is 67.6 Å². The van der Waals surface area contributed by atoms with Gasteiger partial charge >= 0.3 is 0 Å². The minimum atomic E-state index is -1.18. The number of para-hydroxylation sites is 1. The lowest BCUT2D eigenvalue weighted by atomic mass is 9.70. The molecule has 0 aromatic heterocycles. The Bertz CT molecular complexity index is 1330. The van der Waals surface area contributed by atoms with Gasteiger partial charge in [-0.1, -0.05) is 74.0 Å². The van der Waals surface area contributed by atoms with Crippen molar-refractivity contribution in [2.75, 3.05) is 24.6 Å². The van der Waals surface area contributed by atoms with Gasteiger partial charge in [0.25, 0.3) is 0 Å². The Balaban J connectivity index is 1.62. The van der Waals surface area contributed by atoms with E-state index in [0.29, 0.717) is 25.1 Å². The molecule has 5 rings (SSSR count). The first kappa shape index (κ1) is 30.7. The summed E-state index contributed by atoms with van der Waals surface area (Å²) in [6, 6.07) is 16.8. The highest BCUT2D eigenvalue weighted by molar-refractivity contribution is 6.03. The number of benzene rings is 2. The largest absolute Gasteiger partial charge is 0.394 e. The number of fused-ring (bicyclic) bond motifs is 1. The van der Waals surface area contributed by atoms with Gasteiger partial charge in [0.2, 0.25) is 17.7 Å². The lowest BCUT2D eigenvalue weighted by Gasteiger charge is -2.41. The summed E-state index contributed by atoms with van der Waals surface area (Å²) in [4.78, 5) is 48.8. The van der Waals surface area contributed by atoms with Gasteiger partial charge in [0.15, 0.2) is 0 Å². The van der Waals surface area contributed by atoms with Gasteiger partial charge in [-0.2, -0.15) is 0 Å². The molecule has 8 heteroatoms. The number of hydrogen-bond acceptors (Lipinski definition) is 5. The van der Waals surface area contributed by atoms with Crippen molar-refractivity contribution < 1.29 is 24.2 Å². The maximum atomic E-state index is 14.7. The monoisotopic (exact) mass is 585 g/mol. The highest BCUT2D eigenvalue weighted by Gasteiger charge is 2.75. The summed E-state index contributed by atoms with van der Waals surface area (Å²) in [5.74, 6) is -2.39. The third-order valence-corrected chi connectivity index (χ3v) is 9.44. The second kappa shape index (κ2) is 12.9. The van der Waals surface area contributed by atoms with E-state index in [4.69, 9.17) is 4.74 Å². The van der Waals surface area contributed by atoms with Crippen LogP contribution < -0.4 is 4.90 Å². The zero-order valence-corrected chi connectivity index (χ0v) is 25.2. The Morgan fingerprint density at radius 1 is 1.07 bits per heavy atom. The van der Waals surface area contributed by atoms with Crippen LogP contribution in [0.15, 0.2) is 86.0 Å². The molecule has 3 heterocycles. The number of anilines is 1. The summed E-state index contributed by atoms with van der Waals surface area (Å²) in [6.07, 6.45) is 5.61. The molecule has 3 aliphatic heterocycles. The number of amides is 3. The van der Waals surface area contributed by atoms with Gasteiger partial charge in [-0.25, -0.2) is 0 Å². The second-order valence-electron chi connectivity index (χ2n) is 11.9. The number of likely N-dealkylation sites (tertiary alicyclic amines) is 1. The van der Waals surface area contributed by atoms with Crippen LogP contribution in [0.25, 0.3) is 0 Å². The van der Waals surface area contributed by atoms with E-state index in [1.54, 1.807) is 26.9 Å². The van der Waals surface area contributed by atoms with Crippen LogP contribution in [-0.2, 0) is 19.1 Å². The summed E-state index contributed by atoms with van der Waals surface area (Å²) in [5, 5.41) is 10.7. The molecule has 1 spiro atoms. The number of carbonyl (C=O) groups excluding carboxylic acids is 3. The van der Waals surface area contributed by atoms with E-state index in [0.717, 1.165) is 18.4 Å². The van der Waals surface area contributed by atoms with E-state index in [-0.39, 0.29) is 36.9 Å². The van der Waals surface area contributed by atoms with Crippen molar-refractivity contribution in [1.82, 2.24) is 9.80 Å². The third-order valence-electron chi connectivity index (χ3n) is 9.44. The molecule has 43 heavy (non-hydrogen) atoms. The first-order chi connectivity index (χ1) is 20.8. The molecule has 2 aromatic rings. The van der Waals surface area contributed by atoms with Gasteiger partial charge in [0, 0.05) is 24.8 Å². The van der Waals surface area contributed by atoms with Crippen LogP contribution in [0.5, 0.6) is 0 Å². The van der Waals surface area contributed by atoms with Crippen LogP contribution in [0.2, 0.25) is 0 Å². The van der Waals surface area contributed by atoms with Crippen LogP contribution >= 0.6 is 0 Å². The van der Waals surface area contributed by atoms with E-state index >= 15 is 0 Å². The highest BCUT2D eigenvalue weighted by atomic mass is 16.5. The average molecular weight is 586 g/mol. The molecule has 2 aromatic carbocycles. The second-order valence-corrected chi connectivity index (χ2v) is 11.9. The zero-order chi connectivity index (χ0) is 30.7. The molecular formula is C35H43N3O5. The fourth-order valence-corrected chi connectivity index (χ4v) is 7.61. The Morgan fingerprint density at radius 2 is 1.72 bits per heavy atom. The minimum Gasteiger partial charge on any atom is -0.394 e. The van der Waals surface area contributed by atoms with Crippen LogP contribution in [0.3, 0.4) is 0 Å². The van der Waals surface area contributed by atoms with Crippen molar-refractivity contribution in [3.8, 4) is 0 Å². The maximum absolute atomic E-state index is 14.7. The number of carbonyl (C=O) groups is 3. The number of aliphatic hydroxyl groups is 1. The maximum Gasteiger partial charge on any atom is 0.248 e. The molecule has 7 atom stereocenters. The molecule has 3 saturated heterocycles. The van der Waals surface area contributed by atoms with E-state index in [1.165, 1.54) is 0 Å². The van der Waals surface area contributed by atoms with Crippen molar-refractivity contribution in [3.05, 3.63) is 91.5 Å². The molecule has 3 fully saturated rings. The van der Waals surface area contributed by atoms with E-state index in [2.05, 4.69) is 20.1 Å². The predicted molar refractivity (Wildman–Crippen MR) is 166 cm³/mol. The van der Waals surface area contributed by atoms with Crippen LogP contribution in [0.1, 0.15) is 51.1 Å². The first-order valence-corrected chi connectivity index (χ1v) is 15.4. The Labute approximate surface area is 254 Å². The number of ether oxygens (including phenoxy) is 1. The Morgan fingerprint density at radius 3 is 2.33 bits per heavy atom. The summed E-state index contributed by atoms with van der Waals surface area (Å²) < 4.78 is 6.72. The van der Waals surface area contributed by atoms with Crippen molar-refractivity contribution in [2.24, 2.45) is 11.8 Å². The molecular weight excluding hydrogens is 542 g/mol. The quantitative estimate of drug-likeness (QED) is 0.349. The smallest absolute Gasteiger partial charge is 0.248 e. The van der Waals surface area contributed by atoms with Gasteiger partial charge < -0.3 is 24.5 Å². The normalized spacial score (nSPS) is 27.0. The third kappa shape index (κ3) is 5.21. The molecule has 0 aliphatic carbocycles. The van der Waals surface area contributed by atoms with Crippen molar-refractivity contribution in [2.45, 2.75) is 69.4 Å². The highest BCUT2D eigenvalue weighted by Crippen LogP contribution is 2.60. The van der Waals surface area contributed by atoms with Gasteiger partial charge in [0.1, 0.15) is 11.6 Å². The summed E-state index contributed by atoms with van der Waals surface area (Å²) in [5.41, 5.74) is 0.255. The first-order valence-electron chi connectivity index (χ1n) is 15.4. The number of rotatable bonds is 13. The van der Waals surface area contributed by atoms with Gasteiger partial charge in [-0.15, -0.1) is 13.2 Å². The molecule has 0 saturated carbocycles. The van der Waals surface area contributed by atoms with Gasteiger partial charge in [-0.05, 0) is 43.9 Å². The SMILES string of the molecule is C=CCN(C(=O)[C@@H]1[C@@H]2CCC3(O2)C(C(=O)N(CC=C)C(C)CCC)N([C@H](CO)c2ccccc2)C(=O)[C@H]13)c1ccccc1. The molecule has 2 bridgehead atoms. The fourth-order valence-electron chi connectivity index (χ4n) is 7.61. The molecule has 3 aliphatic rings. The van der Waals surface area contributed by atoms with Crippen LogP contribution in [0, 0.1) is 11.8 Å². The van der Waals surface area contributed by atoms with Gasteiger partial charge in [-0.3, -0.25) is 14.4 Å². The number of nitrogens with zero attached hydrogens (tertiary/aromatic N) is 3. The molecule has 3 unspecified atom stereocenters. The average Bonchev–Trinajstić information content (AvgIpc) is 3.67. The lowest BCUT2D eigenvalue weighted by Crippen LogP contribution is -2.58. The van der Waals surface area contributed by atoms with Crippen molar-refractivity contribution in [1.29, 1.82) is 0 Å². The van der Waals surface area contributed by atoms with E-state index in [9.17, 15) is 19.5 Å². The minimum absolute atomic E-state index is 0.0931. The molecule has 3 amide bonds. The topological polar surface area (TPSA) is 90.4 Å². The van der Waals surface area contributed by atoms with Crippen LogP contribution in [0.4, 0.5) is 5.69 Å². The van der Waals surface area contributed by atoms with Gasteiger partial charge in [0.05, 0.1) is 30.6 Å². The Hall–Kier alpha value is -3.75. The molecule has 228 valence electrons. The van der Waals surface area contributed by atoms with E-state index < -0.39 is 35.6 Å². The van der Waals surface area contributed by atoms with Crippen LogP contribution in [-0.4, -0.2) is 76.1 Å². The van der Waals surface area contributed by atoms with Crippen molar-refractivity contribution in [3.63, 3.8) is 0 Å². The molecule has 8 nitrogen and oxygen atoms in total. The summed E-state index contributed by atoms with van der Waals surface area (Å²) in [7, 11) is 0. The Kier molecular flexibility index (Phi) is 9.18.